The molecule has 0 aliphatic carbocycles. The van der Waals surface area contributed by atoms with Crippen LogP contribution in [0.25, 0.3) is 0 Å². The first kappa shape index (κ1) is 16.7. The first-order chi connectivity index (χ1) is 9.83. The van der Waals surface area contributed by atoms with Crippen LogP contribution in [0.3, 0.4) is 0 Å². The normalized spacial score (nSPS) is 11.8. The predicted molar refractivity (Wildman–Crippen MR) is 83.3 cm³/mol. The molecule has 0 amide bonds. The lowest BCUT2D eigenvalue weighted by Crippen LogP contribution is -2.23. The van der Waals surface area contributed by atoms with Crippen molar-refractivity contribution >= 4 is 44.6 Å². The highest BCUT2D eigenvalue weighted by molar-refractivity contribution is 7.89. The SMILES string of the molecule is Cc1ncc(CNS(=O)(=O)c2cc(Cl)cc(CO)c2Cl)s1. The van der Waals surface area contributed by atoms with Gasteiger partial charge in [-0.25, -0.2) is 18.1 Å². The van der Waals surface area contributed by atoms with Crippen LogP contribution in [0, 0.1) is 6.92 Å². The number of nitrogens with one attached hydrogen (secondary N) is 1. The highest BCUT2D eigenvalue weighted by atomic mass is 35.5. The van der Waals surface area contributed by atoms with Crippen LogP contribution in [0.1, 0.15) is 15.4 Å². The number of nitrogens with zero attached hydrogens (tertiary/aromatic N) is 1. The molecule has 0 fully saturated rings. The van der Waals surface area contributed by atoms with E-state index in [2.05, 4.69) is 9.71 Å². The van der Waals surface area contributed by atoms with Crippen LogP contribution < -0.4 is 4.72 Å². The Balaban J connectivity index is 2.29. The van der Waals surface area contributed by atoms with Crippen molar-refractivity contribution < 1.29 is 13.5 Å². The Hall–Kier alpha value is -0.700. The summed E-state index contributed by atoms with van der Waals surface area (Å²) in [7, 11) is -3.83. The monoisotopic (exact) mass is 366 g/mol. The zero-order valence-corrected chi connectivity index (χ0v) is 14.1. The summed E-state index contributed by atoms with van der Waals surface area (Å²) in [6.07, 6.45) is 1.61. The lowest BCUT2D eigenvalue weighted by atomic mass is 10.2. The van der Waals surface area contributed by atoms with E-state index in [0.717, 1.165) is 9.88 Å². The molecule has 1 aromatic heterocycles. The van der Waals surface area contributed by atoms with E-state index in [1.165, 1.54) is 23.5 Å². The first-order valence-corrected chi connectivity index (χ1v) is 8.89. The molecule has 0 aliphatic heterocycles. The van der Waals surface area contributed by atoms with Gasteiger partial charge in [0.2, 0.25) is 10.0 Å². The second-order valence-electron chi connectivity index (χ2n) is 4.21. The third kappa shape index (κ3) is 3.94. The van der Waals surface area contributed by atoms with Crippen molar-refractivity contribution in [3.05, 3.63) is 43.8 Å². The van der Waals surface area contributed by atoms with Crippen LogP contribution in [0.15, 0.2) is 23.2 Å². The Morgan fingerprint density at radius 1 is 1.38 bits per heavy atom. The minimum absolute atomic E-state index is 0.0325. The summed E-state index contributed by atoms with van der Waals surface area (Å²) in [5.74, 6) is 0. The molecule has 0 spiro atoms. The molecule has 0 saturated carbocycles. The Labute approximate surface area is 136 Å². The third-order valence-electron chi connectivity index (χ3n) is 2.64. The standard InChI is InChI=1S/C12H12Cl2N2O3S2/c1-7-15-4-10(20-7)5-16-21(18,19)11-3-9(13)2-8(6-17)12(11)14/h2-4,16-17H,5-6H2,1H3. The molecule has 5 nitrogen and oxygen atoms in total. The molecule has 9 heteroatoms. The van der Waals surface area contributed by atoms with Gasteiger partial charge in [0.1, 0.15) is 4.90 Å². The zero-order chi connectivity index (χ0) is 15.6. The highest BCUT2D eigenvalue weighted by Crippen LogP contribution is 2.29. The Kier molecular flexibility index (Phi) is 5.24. The molecule has 2 rings (SSSR count). The molecule has 0 radical (unpaired) electrons. The average molecular weight is 367 g/mol. The van der Waals surface area contributed by atoms with Gasteiger partial charge < -0.3 is 5.11 Å². The van der Waals surface area contributed by atoms with Gasteiger partial charge in [0.05, 0.1) is 16.6 Å². The van der Waals surface area contributed by atoms with Crippen LogP contribution in [0.4, 0.5) is 0 Å². The van der Waals surface area contributed by atoms with Crippen LogP contribution >= 0.6 is 34.5 Å². The number of sulfonamides is 1. The molecule has 2 N–H and O–H groups in total. The summed E-state index contributed by atoms with van der Waals surface area (Å²) in [5, 5.41) is 10.2. The molecule has 2 aromatic rings. The largest absolute Gasteiger partial charge is 0.392 e. The van der Waals surface area contributed by atoms with Gasteiger partial charge in [0.25, 0.3) is 0 Å². The predicted octanol–water partition coefficient (Wildman–Crippen LogP) is 2.73. The van der Waals surface area contributed by atoms with E-state index in [1.807, 2.05) is 6.92 Å². The quantitative estimate of drug-likeness (QED) is 0.852. The van der Waals surface area contributed by atoms with E-state index in [9.17, 15) is 13.5 Å². The minimum atomic E-state index is -3.83. The summed E-state index contributed by atoms with van der Waals surface area (Å²) in [6.45, 7) is 1.56. The fraction of sp³-hybridized carbons (Fsp3) is 0.250. The topological polar surface area (TPSA) is 79.3 Å². The fourth-order valence-corrected chi connectivity index (χ4v) is 4.42. The van der Waals surface area contributed by atoms with Crippen LogP contribution in [0.2, 0.25) is 10.0 Å². The summed E-state index contributed by atoms with van der Waals surface area (Å²) in [6, 6.07) is 2.68. The van der Waals surface area contributed by atoms with E-state index in [1.54, 1.807) is 6.20 Å². The van der Waals surface area contributed by atoms with Gasteiger partial charge in [-0.3, -0.25) is 0 Å². The van der Waals surface area contributed by atoms with Gasteiger partial charge in [-0.2, -0.15) is 0 Å². The highest BCUT2D eigenvalue weighted by Gasteiger charge is 2.21. The van der Waals surface area contributed by atoms with Crippen molar-refractivity contribution in [1.29, 1.82) is 0 Å². The van der Waals surface area contributed by atoms with Crippen molar-refractivity contribution in [2.24, 2.45) is 0 Å². The Morgan fingerprint density at radius 3 is 2.67 bits per heavy atom. The molecular formula is C12H12Cl2N2O3S2. The van der Waals surface area contributed by atoms with Gasteiger partial charge in [-0.05, 0) is 24.6 Å². The van der Waals surface area contributed by atoms with E-state index >= 15 is 0 Å². The molecule has 21 heavy (non-hydrogen) atoms. The van der Waals surface area contributed by atoms with E-state index in [4.69, 9.17) is 23.2 Å². The van der Waals surface area contributed by atoms with Gasteiger partial charge in [-0.15, -0.1) is 11.3 Å². The third-order valence-corrected chi connectivity index (χ3v) is 5.76. The Morgan fingerprint density at radius 2 is 2.10 bits per heavy atom. The molecule has 1 aromatic carbocycles. The molecule has 0 unspecified atom stereocenters. The van der Waals surface area contributed by atoms with Gasteiger partial charge in [0, 0.05) is 22.6 Å². The second kappa shape index (κ2) is 6.60. The van der Waals surface area contributed by atoms with Crippen molar-refractivity contribution in [2.45, 2.75) is 25.0 Å². The summed E-state index contributed by atoms with van der Waals surface area (Å²) in [4.78, 5) is 4.69. The minimum Gasteiger partial charge on any atom is -0.392 e. The fourth-order valence-electron chi connectivity index (χ4n) is 1.66. The lowest BCUT2D eigenvalue weighted by Gasteiger charge is -2.10. The number of aliphatic hydroxyl groups is 1. The summed E-state index contributed by atoms with van der Waals surface area (Å²) in [5.41, 5.74) is 0.262. The van der Waals surface area contributed by atoms with Crippen molar-refractivity contribution in [1.82, 2.24) is 9.71 Å². The molecule has 0 aliphatic rings. The van der Waals surface area contributed by atoms with E-state index in [-0.39, 0.29) is 27.0 Å². The number of benzene rings is 1. The van der Waals surface area contributed by atoms with Gasteiger partial charge in [0.15, 0.2) is 0 Å². The molecule has 0 bridgehead atoms. The smallest absolute Gasteiger partial charge is 0.242 e. The van der Waals surface area contributed by atoms with Crippen LogP contribution in [0.5, 0.6) is 0 Å². The number of aryl methyl sites for hydroxylation is 1. The van der Waals surface area contributed by atoms with E-state index < -0.39 is 16.6 Å². The number of halogens is 2. The van der Waals surface area contributed by atoms with Crippen LogP contribution in [-0.4, -0.2) is 18.5 Å². The van der Waals surface area contributed by atoms with Crippen molar-refractivity contribution in [3.63, 3.8) is 0 Å². The van der Waals surface area contributed by atoms with Crippen LogP contribution in [-0.2, 0) is 23.2 Å². The second-order valence-corrected chi connectivity index (χ2v) is 8.07. The number of hydrogen-bond donors (Lipinski definition) is 2. The molecule has 0 atom stereocenters. The maximum Gasteiger partial charge on any atom is 0.242 e. The zero-order valence-electron chi connectivity index (χ0n) is 10.9. The summed E-state index contributed by atoms with van der Waals surface area (Å²) < 4.78 is 27.0. The number of hydrogen-bond acceptors (Lipinski definition) is 5. The number of aliphatic hydroxyl groups excluding tert-OH is 1. The number of thiazole rings is 1. The molecule has 114 valence electrons. The van der Waals surface area contributed by atoms with Crippen molar-refractivity contribution in [2.75, 3.05) is 0 Å². The molecular weight excluding hydrogens is 355 g/mol. The number of rotatable bonds is 5. The summed E-state index contributed by atoms with van der Waals surface area (Å²) >= 11 is 13.3. The van der Waals surface area contributed by atoms with Gasteiger partial charge in [-0.1, -0.05) is 23.2 Å². The van der Waals surface area contributed by atoms with E-state index in [0.29, 0.717) is 0 Å². The van der Waals surface area contributed by atoms with Crippen molar-refractivity contribution in [3.8, 4) is 0 Å². The maximum absolute atomic E-state index is 12.3. The Bertz CT molecular complexity index is 760. The lowest BCUT2D eigenvalue weighted by molar-refractivity contribution is 0.281. The van der Waals surface area contributed by atoms with Gasteiger partial charge >= 0.3 is 0 Å². The molecule has 1 heterocycles. The average Bonchev–Trinajstić information content (AvgIpc) is 2.84. The number of aromatic nitrogens is 1. The molecule has 0 saturated heterocycles. The maximum atomic E-state index is 12.3. The first-order valence-electron chi connectivity index (χ1n) is 5.83.